The lowest BCUT2D eigenvalue weighted by molar-refractivity contribution is -0.131. The molecule has 10 heteroatoms. The minimum absolute atomic E-state index is 0.103. The summed E-state index contributed by atoms with van der Waals surface area (Å²) in [6, 6.07) is 5.88. The second kappa shape index (κ2) is 12.0. The molecule has 34 heavy (non-hydrogen) atoms. The van der Waals surface area contributed by atoms with E-state index in [9.17, 15) is 24.3 Å². The lowest BCUT2D eigenvalue weighted by Gasteiger charge is -2.26. The fourth-order valence-corrected chi connectivity index (χ4v) is 3.86. The lowest BCUT2D eigenvalue weighted by Crippen LogP contribution is -2.49. The highest BCUT2D eigenvalue weighted by Crippen LogP contribution is 2.26. The molecule has 2 fully saturated rings. The molecule has 0 radical (unpaired) electrons. The summed E-state index contributed by atoms with van der Waals surface area (Å²) in [5, 5.41) is 18.1. The molecule has 9 nitrogen and oxygen atoms in total. The molecule has 2 heterocycles. The molecular weight excluding hydrogens is 460 g/mol. The minimum Gasteiger partial charge on any atom is -0.389 e. The van der Waals surface area contributed by atoms with E-state index in [4.69, 9.17) is 11.6 Å². The fourth-order valence-electron chi connectivity index (χ4n) is 3.64. The van der Waals surface area contributed by atoms with Crippen LogP contribution < -0.4 is 16.0 Å². The van der Waals surface area contributed by atoms with Crippen molar-refractivity contribution in [1.82, 2.24) is 20.9 Å². The number of aromatic nitrogens is 1. The van der Waals surface area contributed by atoms with Crippen molar-refractivity contribution in [3.63, 3.8) is 0 Å². The number of carbonyl (C=O) groups is 4. The number of aliphatic hydroxyl groups is 1. The van der Waals surface area contributed by atoms with Gasteiger partial charge >= 0.3 is 0 Å². The van der Waals surface area contributed by atoms with Gasteiger partial charge in [-0.1, -0.05) is 43.5 Å². The standard InChI is InChI=1S/C20H23ClN4O5.C4H8/c21-13-5-1-3-11-7-15(25-18(11)13)20(30)23-9-17(28)24-14(16(27)10-26)8-12-4-2-6-22-19(12)29;1-4-2-3-4/h1,3,5,7,12,14,25-26H,2,4,6,8-10H2,(H,22,29)(H,23,30)(H,24,28);4H,2-3H2,1H3/t12?,14-;/m0./s1. The van der Waals surface area contributed by atoms with Gasteiger partial charge < -0.3 is 26.0 Å². The molecular formula is C24H31ClN4O5. The number of Topliss-reactive ketones (excluding diaryl/α,β-unsaturated/α-hetero) is 1. The first-order valence-electron chi connectivity index (χ1n) is 11.5. The second-order valence-electron chi connectivity index (χ2n) is 8.86. The van der Waals surface area contributed by atoms with E-state index in [0.29, 0.717) is 23.5 Å². The van der Waals surface area contributed by atoms with Crippen LogP contribution in [0.5, 0.6) is 0 Å². The molecule has 1 unspecified atom stereocenters. The van der Waals surface area contributed by atoms with E-state index in [-0.39, 0.29) is 24.6 Å². The molecule has 0 bridgehead atoms. The molecule has 2 atom stereocenters. The topological polar surface area (TPSA) is 140 Å². The zero-order chi connectivity index (χ0) is 24.7. The van der Waals surface area contributed by atoms with Crippen LogP contribution in [0.15, 0.2) is 24.3 Å². The Morgan fingerprint density at radius 1 is 1.24 bits per heavy atom. The van der Waals surface area contributed by atoms with Gasteiger partial charge in [-0.15, -0.1) is 0 Å². The number of rotatable bonds is 8. The smallest absolute Gasteiger partial charge is 0.268 e. The van der Waals surface area contributed by atoms with Gasteiger partial charge in [0.2, 0.25) is 11.8 Å². The van der Waals surface area contributed by atoms with E-state index in [2.05, 4.69) is 27.9 Å². The Hall–Kier alpha value is -2.91. The van der Waals surface area contributed by atoms with Crippen LogP contribution in [-0.4, -0.2) is 59.3 Å². The van der Waals surface area contributed by atoms with E-state index >= 15 is 0 Å². The van der Waals surface area contributed by atoms with Crippen LogP contribution in [0.1, 0.15) is 49.5 Å². The summed E-state index contributed by atoms with van der Waals surface area (Å²) in [5.41, 5.74) is 0.862. The van der Waals surface area contributed by atoms with Crippen LogP contribution in [0.4, 0.5) is 0 Å². The van der Waals surface area contributed by atoms with Crippen LogP contribution in [-0.2, 0) is 14.4 Å². The third-order valence-corrected chi connectivity index (χ3v) is 6.24. The molecule has 3 amide bonds. The number of halogens is 1. The third-order valence-electron chi connectivity index (χ3n) is 5.92. The number of hydrogen-bond donors (Lipinski definition) is 5. The maximum absolute atomic E-state index is 12.3. The summed E-state index contributed by atoms with van der Waals surface area (Å²) >= 11 is 6.09. The van der Waals surface area contributed by atoms with Crippen LogP contribution >= 0.6 is 11.6 Å². The van der Waals surface area contributed by atoms with Gasteiger partial charge in [-0.3, -0.25) is 19.2 Å². The summed E-state index contributed by atoms with van der Waals surface area (Å²) in [4.78, 5) is 51.5. The Bertz CT molecular complexity index is 1050. The molecule has 184 valence electrons. The summed E-state index contributed by atoms with van der Waals surface area (Å²) in [5.74, 6) is -1.19. The number of nitrogens with one attached hydrogen (secondary N) is 4. The van der Waals surface area contributed by atoms with Gasteiger partial charge in [0.05, 0.1) is 23.1 Å². The largest absolute Gasteiger partial charge is 0.389 e. The van der Waals surface area contributed by atoms with Crippen LogP contribution in [0, 0.1) is 11.8 Å². The molecule has 1 aliphatic carbocycles. The molecule has 2 aromatic rings. The predicted octanol–water partition coefficient (Wildman–Crippen LogP) is 1.93. The van der Waals surface area contributed by atoms with Crippen molar-refractivity contribution in [1.29, 1.82) is 0 Å². The molecule has 1 aromatic carbocycles. The van der Waals surface area contributed by atoms with Crippen molar-refractivity contribution in [3.05, 3.63) is 35.0 Å². The highest BCUT2D eigenvalue weighted by molar-refractivity contribution is 6.35. The maximum Gasteiger partial charge on any atom is 0.268 e. The molecule has 5 N–H and O–H groups in total. The number of piperidine rings is 1. The maximum atomic E-state index is 12.3. The summed E-state index contributed by atoms with van der Waals surface area (Å²) < 4.78 is 0. The van der Waals surface area contributed by atoms with Gasteiger partial charge in [0.25, 0.3) is 5.91 Å². The molecule has 2 aliphatic rings. The third kappa shape index (κ3) is 7.30. The number of benzene rings is 1. The Balaban J connectivity index is 0.000000732. The van der Waals surface area contributed by atoms with E-state index in [1.807, 2.05) is 0 Å². The number of hydrogen-bond acceptors (Lipinski definition) is 5. The summed E-state index contributed by atoms with van der Waals surface area (Å²) in [6.07, 6.45) is 4.47. The average Bonchev–Trinajstić information content (AvgIpc) is 3.47. The van der Waals surface area contributed by atoms with Gasteiger partial charge in [-0.05, 0) is 37.3 Å². The number of ketones is 1. The van der Waals surface area contributed by atoms with Crippen LogP contribution in [0.3, 0.4) is 0 Å². The Morgan fingerprint density at radius 3 is 2.59 bits per heavy atom. The molecule has 1 saturated heterocycles. The molecule has 4 rings (SSSR count). The Morgan fingerprint density at radius 2 is 1.97 bits per heavy atom. The van der Waals surface area contributed by atoms with Crippen LogP contribution in [0.25, 0.3) is 10.9 Å². The molecule has 1 saturated carbocycles. The Kier molecular flexibility index (Phi) is 9.06. The monoisotopic (exact) mass is 490 g/mol. The van der Waals surface area contributed by atoms with Crippen molar-refractivity contribution < 1.29 is 24.3 Å². The lowest BCUT2D eigenvalue weighted by atomic mass is 9.90. The number of H-pyrrole nitrogens is 1. The number of fused-ring (bicyclic) bond motifs is 1. The van der Waals surface area contributed by atoms with Gasteiger partial charge in [-0.25, -0.2) is 0 Å². The van der Waals surface area contributed by atoms with E-state index in [1.54, 1.807) is 24.3 Å². The van der Waals surface area contributed by atoms with Gasteiger partial charge in [0.15, 0.2) is 5.78 Å². The van der Waals surface area contributed by atoms with Crippen LogP contribution in [0.2, 0.25) is 5.02 Å². The first-order valence-corrected chi connectivity index (χ1v) is 11.9. The molecule has 0 spiro atoms. The number of carbonyl (C=O) groups excluding carboxylic acids is 4. The van der Waals surface area contributed by atoms with E-state index in [1.165, 1.54) is 12.8 Å². The number of para-hydroxylation sites is 1. The van der Waals surface area contributed by atoms with Crippen molar-refractivity contribution in [2.24, 2.45) is 11.8 Å². The normalized spacial score (nSPS) is 18.3. The minimum atomic E-state index is -1.000. The van der Waals surface area contributed by atoms with Gasteiger partial charge in [-0.2, -0.15) is 0 Å². The van der Waals surface area contributed by atoms with Gasteiger partial charge in [0.1, 0.15) is 12.3 Å². The van der Waals surface area contributed by atoms with Gasteiger partial charge in [0, 0.05) is 17.8 Å². The first kappa shape index (κ1) is 25.7. The average molecular weight is 491 g/mol. The fraction of sp³-hybridized carbons (Fsp3) is 0.500. The molecule has 1 aromatic heterocycles. The first-order chi connectivity index (χ1) is 16.3. The second-order valence-corrected chi connectivity index (χ2v) is 9.27. The predicted molar refractivity (Wildman–Crippen MR) is 128 cm³/mol. The zero-order valence-corrected chi connectivity index (χ0v) is 19.9. The van der Waals surface area contributed by atoms with Crippen molar-refractivity contribution in [2.75, 3.05) is 19.7 Å². The number of aliphatic hydroxyl groups excluding tert-OH is 1. The van der Waals surface area contributed by atoms with E-state index in [0.717, 1.165) is 17.7 Å². The molecule has 1 aliphatic heterocycles. The summed E-state index contributed by atoms with van der Waals surface area (Å²) in [6.45, 7) is 1.75. The SMILES string of the molecule is CC1CC1.O=C(CNC(=O)c1cc2cccc(Cl)c2[nH]1)N[C@@H](CC1CCCNC1=O)C(=O)CO. The highest BCUT2D eigenvalue weighted by atomic mass is 35.5. The van der Waals surface area contributed by atoms with Crippen molar-refractivity contribution in [3.8, 4) is 0 Å². The summed E-state index contributed by atoms with van der Waals surface area (Å²) in [7, 11) is 0. The number of amides is 3. The zero-order valence-electron chi connectivity index (χ0n) is 19.2. The Labute approximate surface area is 203 Å². The quantitative estimate of drug-likeness (QED) is 0.384. The highest BCUT2D eigenvalue weighted by Gasteiger charge is 2.29. The van der Waals surface area contributed by atoms with E-state index < -0.39 is 36.2 Å². The van der Waals surface area contributed by atoms with Crippen molar-refractivity contribution in [2.45, 2.75) is 45.1 Å². The number of aromatic amines is 1. The van der Waals surface area contributed by atoms with Crippen molar-refractivity contribution >= 4 is 46.0 Å².